The van der Waals surface area contributed by atoms with E-state index in [1.54, 1.807) is 4.90 Å². The van der Waals surface area contributed by atoms with Crippen molar-refractivity contribution in [2.45, 2.75) is 12.8 Å². The van der Waals surface area contributed by atoms with Gasteiger partial charge in [-0.25, -0.2) is 0 Å². The summed E-state index contributed by atoms with van der Waals surface area (Å²) in [5, 5.41) is 0. The molecule has 1 saturated heterocycles. The zero-order valence-electron chi connectivity index (χ0n) is 4.81. The molecule has 1 aliphatic heterocycles. The van der Waals surface area contributed by atoms with E-state index < -0.39 is 0 Å². The molecule has 0 aromatic heterocycles. The molecule has 1 rings (SSSR count). The van der Waals surface area contributed by atoms with Crippen molar-refractivity contribution in [2.24, 2.45) is 0 Å². The minimum absolute atomic E-state index is 0. The van der Waals surface area contributed by atoms with Gasteiger partial charge in [0.2, 0.25) is 5.91 Å². The number of amides is 1. The van der Waals surface area contributed by atoms with Crippen LogP contribution in [0.3, 0.4) is 0 Å². The molecule has 0 bridgehead atoms. The van der Waals surface area contributed by atoms with Crippen LogP contribution in [0.5, 0.6) is 0 Å². The molecule has 1 fully saturated rings. The minimum atomic E-state index is 0. The molecule has 2 nitrogen and oxygen atoms in total. The largest absolute Gasteiger partial charge is 0.346 e. The second kappa shape index (κ2) is 3.09. The van der Waals surface area contributed by atoms with Crippen LogP contribution in [0, 0.1) is 0 Å². The van der Waals surface area contributed by atoms with E-state index in [0.29, 0.717) is 5.91 Å². The monoisotopic (exact) mass is 158 g/mol. The summed E-state index contributed by atoms with van der Waals surface area (Å²) in [6, 6.07) is 0. The van der Waals surface area contributed by atoms with Crippen LogP contribution >= 0.6 is 0 Å². The van der Waals surface area contributed by atoms with Gasteiger partial charge in [-0.05, 0) is 6.42 Å². The van der Waals surface area contributed by atoms with Crippen molar-refractivity contribution in [2.75, 3.05) is 13.6 Å². The number of nitrogens with zero attached hydrogens (tertiary/aromatic N) is 1. The summed E-state index contributed by atoms with van der Waals surface area (Å²) in [7, 11) is 1.84. The molecule has 0 N–H and O–H groups in total. The predicted octanol–water partition coefficient (Wildman–Crippen LogP) is 0.236. The van der Waals surface area contributed by atoms with E-state index in [1.165, 1.54) is 0 Å². The average molecular weight is 158 g/mol. The molecule has 0 spiro atoms. The maximum Gasteiger partial charge on any atom is 0.222 e. The van der Waals surface area contributed by atoms with Gasteiger partial charge in [-0.1, -0.05) is 0 Å². The van der Waals surface area contributed by atoms with Gasteiger partial charge in [0.05, 0.1) is 0 Å². The third kappa shape index (κ3) is 1.49. The van der Waals surface area contributed by atoms with E-state index in [-0.39, 0.29) is 16.8 Å². The minimum Gasteiger partial charge on any atom is -0.346 e. The van der Waals surface area contributed by atoms with E-state index in [0.717, 1.165) is 19.4 Å². The second-order valence-corrected chi connectivity index (χ2v) is 1.92. The van der Waals surface area contributed by atoms with Gasteiger partial charge in [-0.2, -0.15) is 0 Å². The number of carbonyl (C=O) groups excluding carboxylic acids is 1. The molecule has 0 aromatic carbocycles. The summed E-state index contributed by atoms with van der Waals surface area (Å²) < 4.78 is 0. The molecule has 3 heteroatoms. The molecule has 0 aliphatic carbocycles. The molecular formula is C5H9CoNO. The van der Waals surface area contributed by atoms with E-state index in [1.807, 2.05) is 7.05 Å². The van der Waals surface area contributed by atoms with Crippen LogP contribution < -0.4 is 0 Å². The third-order valence-electron chi connectivity index (χ3n) is 1.31. The molecule has 1 aliphatic rings. The van der Waals surface area contributed by atoms with Gasteiger partial charge in [0.1, 0.15) is 0 Å². The smallest absolute Gasteiger partial charge is 0.222 e. The number of hydrogen-bond acceptors (Lipinski definition) is 1. The van der Waals surface area contributed by atoms with Gasteiger partial charge < -0.3 is 4.90 Å². The molecule has 8 heavy (non-hydrogen) atoms. The van der Waals surface area contributed by atoms with E-state index >= 15 is 0 Å². The van der Waals surface area contributed by atoms with Crippen molar-refractivity contribution >= 4 is 5.91 Å². The molecular weight excluding hydrogens is 149 g/mol. The fourth-order valence-electron chi connectivity index (χ4n) is 0.783. The normalized spacial score (nSPS) is 18.6. The van der Waals surface area contributed by atoms with Crippen molar-refractivity contribution in [3.63, 3.8) is 0 Å². The van der Waals surface area contributed by atoms with Crippen molar-refractivity contribution in [1.82, 2.24) is 4.90 Å². The summed E-state index contributed by atoms with van der Waals surface area (Å²) in [6.07, 6.45) is 1.81. The Morgan fingerprint density at radius 3 is 2.38 bits per heavy atom. The Labute approximate surface area is 59.4 Å². The summed E-state index contributed by atoms with van der Waals surface area (Å²) >= 11 is 0. The van der Waals surface area contributed by atoms with Crippen LogP contribution in [0.25, 0.3) is 0 Å². The van der Waals surface area contributed by atoms with Crippen molar-refractivity contribution in [3.8, 4) is 0 Å². The Morgan fingerprint density at radius 1 is 1.62 bits per heavy atom. The van der Waals surface area contributed by atoms with Crippen LogP contribution in [-0.4, -0.2) is 24.4 Å². The number of rotatable bonds is 0. The Bertz CT molecular complexity index is 94.4. The van der Waals surface area contributed by atoms with Crippen LogP contribution in [0.1, 0.15) is 12.8 Å². The molecule has 1 amide bonds. The molecule has 0 unspecified atom stereocenters. The zero-order chi connectivity index (χ0) is 5.28. The Hall–Kier alpha value is -0.0235. The van der Waals surface area contributed by atoms with Crippen LogP contribution in [-0.2, 0) is 21.6 Å². The fraction of sp³-hybridized carbons (Fsp3) is 0.800. The van der Waals surface area contributed by atoms with Gasteiger partial charge in [0, 0.05) is 36.8 Å². The van der Waals surface area contributed by atoms with Crippen molar-refractivity contribution in [1.29, 1.82) is 0 Å². The van der Waals surface area contributed by atoms with Gasteiger partial charge in [-0.3, -0.25) is 4.79 Å². The van der Waals surface area contributed by atoms with Gasteiger partial charge in [0.15, 0.2) is 0 Å². The Kier molecular flexibility index (Phi) is 3.08. The van der Waals surface area contributed by atoms with E-state index in [2.05, 4.69) is 0 Å². The third-order valence-corrected chi connectivity index (χ3v) is 1.31. The van der Waals surface area contributed by atoms with Gasteiger partial charge in [-0.15, -0.1) is 0 Å². The average Bonchev–Trinajstić information content (AvgIpc) is 1.91. The van der Waals surface area contributed by atoms with Crippen LogP contribution in [0.2, 0.25) is 0 Å². The SMILES string of the molecule is CN1CCCC1=O.[Co]. The first kappa shape index (κ1) is 7.98. The fourth-order valence-corrected chi connectivity index (χ4v) is 0.783. The number of carbonyl (C=O) groups is 1. The van der Waals surface area contributed by atoms with Crippen LogP contribution in [0.4, 0.5) is 0 Å². The molecule has 0 saturated carbocycles. The van der Waals surface area contributed by atoms with E-state index in [9.17, 15) is 4.79 Å². The molecule has 1 heterocycles. The molecule has 49 valence electrons. The topological polar surface area (TPSA) is 20.3 Å². The van der Waals surface area contributed by atoms with Crippen molar-refractivity contribution < 1.29 is 21.6 Å². The molecule has 0 atom stereocenters. The first-order valence-corrected chi connectivity index (χ1v) is 2.54. The molecule has 1 radical (unpaired) electrons. The summed E-state index contributed by atoms with van der Waals surface area (Å²) in [5.41, 5.74) is 0. The molecule has 0 aromatic rings. The maximum atomic E-state index is 10.5. The van der Waals surface area contributed by atoms with Gasteiger partial charge in [0.25, 0.3) is 0 Å². The summed E-state index contributed by atoms with van der Waals surface area (Å²) in [4.78, 5) is 12.3. The van der Waals surface area contributed by atoms with Gasteiger partial charge >= 0.3 is 0 Å². The zero-order valence-corrected chi connectivity index (χ0v) is 5.85. The maximum absolute atomic E-state index is 10.5. The Balaban J connectivity index is 0.000000490. The van der Waals surface area contributed by atoms with Crippen LogP contribution in [0.15, 0.2) is 0 Å². The first-order chi connectivity index (χ1) is 3.30. The number of hydrogen-bond donors (Lipinski definition) is 0. The number of likely N-dealkylation sites (tertiary alicyclic amines) is 1. The Morgan fingerprint density at radius 2 is 2.25 bits per heavy atom. The summed E-state index contributed by atoms with van der Waals surface area (Å²) in [6.45, 7) is 0.957. The second-order valence-electron chi connectivity index (χ2n) is 1.92. The van der Waals surface area contributed by atoms with E-state index in [4.69, 9.17) is 0 Å². The quantitative estimate of drug-likeness (QED) is 0.494. The first-order valence-electron chi connectivity index (χ1n) is 2.54. The van der Waals surface area contributed by atoms with Crippen molar-refractivity contribution in [3.05, 3.63) is 0 Å². The summed E-state index contributed by atoms with van der Waals surface area (Å²) in [5.74, 6) is 0.292. The standard InChI is InChI=1S/C5H9NO.Co/c1-6-4-2-3-5(6)7;/h2-4H2,1H3;. The predicted molar refractivity (Wildman–Crippen MR) is 26.9 cm³/mol.